The number of hydrogen-bond donors (Lipinski definition) is 0. The molecule has 0 spiro atoms. The van der Waals surface area contributed by atoms with Gasteiger partial charge in [-0.25, -0.2) is 0 Å². The smallest absolute Gasteiger partial charge is 0.339 e. The third-order valence-electron chi connectivity index (χ3n) is 2.69. The van der Waals surface area contributed by atoms with Crippen LogP contribution in [0.2, 0.25) is 10.0 Å². The number of benzene rings is 2. The molecule has 0 radical (unpaired) electrons. The van der Waals surface area contributed by atoms with E-state index in [2.05, 4.69) is 0 Å². The Morgan fingerprint density at radius 3 is 2.35 bits per heavy atom. The van der Waals surface area contributed by atoms with E-state index in [1.54, 1.807) is 25.1 Å². The lowest BCUT2D eigenvalue weighted by atomic mass is 10.2. The van der Waals surface area contributed by atoms with Gasteiger partial charge < -0.3 is 4.18 Å². The normalized spacial score (nSPS) is 11.4. The largest absolute Gasteiger partial charge is 0.377 e. The Bertz CT molecular complexity index is 755. The highest BCUT2D eigenvalue weighted by molar-refractivity contribution is 7.87. The van der Waals surface area contributed by atoms with Gasteiger partial charge in [-0.15, -0.1) is 0 Å². The van der Waals surface area contributed by atoms with E-state index in [0.717, 1.165) is 5.56 Å². The summed E-state index contributed by atoms with van der Waals surface area (Å²) in [7, 11) is -3.94. The molecule has 106 valence electrons. The average molecular weight is 331 g/mol. The summed E-state index contributed by atoms with van der Waals surface area (Å²) in [6.07, 6.45) is 0. The van der Waals surface area contributed by atoms with Crippen LogP contribution in [-0.2, 0) is 10.1 Å². The van der Waals surface area contributed by atoms with Crippen molar-refractivity contribution in [2.75, 3.05) is 0 Å². The van der Waals surface area contributed by atoms with Crippen molar-refractivity contribution in [2.24, 2.45) is 0 Å². The van der Waals surface area contributed by atoms with Crippen LogP contribution < -0.4 is 4.18 Å². The van der Waals surface area contributed by atoms with Crippen molar-refractivity contribution >= 4 is 33.3 Å². The zero-order chi connectivity index (χ0) is 14.9. The molecule has 0 atom stereocenters. The van der Waals surface area contributed by atoms with Gasteiger partial charge in [0.05, 0.1) is 5.02 Å². The van der Waals surface area contributed by atoms with E-state index >= 15 is 0 Å². The van der Waals surface area contributed by atoms with Gasteiger partial charge in [-0.1, -0.05) is 40.9 Å². The second-order valence-corrected chi connectivity index (χ2v) is 6.74. The Hall–Kier alpha value is -1.23. The van der Waals surface area contributed by atoms with Gasteiger partial charge in [-0.3, -0.25) is 0 Å². The van der Waals surface area contributed by atoms with Crippen LogP contribution in [0.3, 0.4) is 0 Å². The standard InChI is InChI=1S/C14H12Cl2O3S/c1-9-3-6-14(10(2)7-9)20(17,18)19-13-8-11(15)4-5-12(13)16/h3-8H,1-2H3. The van der Waals surface area contributed by atoms with Crippen LogP contribution in [0.5, 0.6) is 5.75 Å². The molecule has 0 aliphatic heterocycles. The third kappa shape index (κ3) is 3.26. The second kappa shape index (κ2) is 5.64. The monoisotopic (exact) mass is 330 g/mol. The van der Waals surface area contributed by atoms with Gasteiger partial charge in [-0.2, -0.15) is 8.42 Å². The van der Waals surface area contributed by atoms with Gasteiger partial charge in [-0.05, 0) is 37.6 Å². The van der Waals surface area contributed by atoms with Crippen LogP contribution >= 0.6 is 23.2 Å². The summed E-state index contributed by atoms with van der Waals surface area (Å²) in [5.41, 5.74) is 1.59. The molecule has 0 aromatic heterocycles. The Kier molecular flexibility index (Phi) is 4.28. The summed E-state index contributed by atoms with van der Waals surface area (Å²) in [4.78, 5) is 0.110. The maximum absolute atomic E-state index is 12.3. The van der Waals surface area contributed by atoms with Crippen molar-refractivity contribution in [1.82, 2.24) is 0 Å². The van der Waals surface area contributed by atoms with E-state index in [1.807, 2.05) is 6.92 Å². The molecule has 2 aromatic carbocycles. The first-order chi connectivity index (χ1) is 9.29. The van der Waals surface area contributed by atoms with E-state index in [-0.39, 0.29) is 15.7 Å². The predicted molar refractivity (Wildman–Crippen MR) is 80.2 cm³/mol. The van der Waals surface area contributed by atoms with Crippen LogP contribution in [0.25, 0.3) is 0 Å². The number of halogens is 2. The van der Waals surface area contributed by atoms with Gasteiger partial charge in [0.25, 0.3) is 0 Å². The minimum atomic E-state index is -3.94. The molecular formula is C14H12Cl2O3S. The molecule has 0 aliphatic carbocycles. The summed E-state index contributed by atoms with van der Waals surface area (Å²) < 4.78 is 29.6. The SMILES string of the molecule is Cc1ccc(S(=O)(=O)Oc2cc(Cl)ccc2Cl)c(C)c1. The van der Waals surface area contributed by atoms with Gasteiger partial charge >= 0.3 is 10.1 Å². The summed E-state index contributed by atoms with van der Waals surface area (Å²) in [6.45, 7) is 3.60. The number of rotatable bonds is 3. The van der Waals surface area contributed by atoms with E-state index in [9.17, 15) is 8.42 Å². The predicted octanol–water partition coefficient (Wildman–Crippen LogP) is 4.38. The summed E-state index contributed by atoms with van der Waals surface area (Å²) in [5.74, 6) is 0.0131. The van der Waals surface area contributed by atoms with E-state index in [4.69, 9.17) is 27.4 Å². The first-order valence-corrected chi connectivity index (χ1v) is 7.93. The maximum Gasteiger partial charge on any atom is 0.339 e. The molecule has 0 saturated carbocycles. The maximum atomic E-state index is 12.3. The van der Waals surface area contributed by atoms with E-state index < -0.39 is 10.1 Å². The Balaban J connectivity index is 2.43. The highest BCUT2D eigenvalue weighted by Crippen LogP contribution is 2.31. The van der Waals surface area contributed by atoms with Gasteiger partial charge in [0.1, 0.15) is 4.90 Å². The Morgan fingerprint density at radius 2 is 1.70 bits per heavy atom. The molecule has 20 heavy (non-hydrogen) atoms. The fourth-order valence-electron chi connectivity index (χ4n) is 1.78. The Morgan fingerprint density at radius 1 is 1.00 bits per heavy atom. The molecule has 0 amide bonds. The molecule has 2 rings (SSSR count). The zero-order valence-electron chi connectivity index (χ0n) is 10.9. The number of aryl methyl sites for hydroxylation is 2. The lowest BCUT2D eigenvalue weighted by molar-refractivity contribution is 0.485. The molecule has 0 N–H and O–H groups in total. The molecule has 0 unspecified atom stereocenters. The summed E-state index contributed by atoms with van der Waals surface area (Å²) in [6, 6.07) is 9.40. The minimum absolute atomic E-state index is 0.0131. The molecule has 3 nitrogen and oxygen atoms in total. The first kappa shape index (κ1) is 15.2. The third-order valence-corrected chi connectivity index (χ3v) is 4.64. The minimum Gasteiger partial charge on any atom is -0.377 e. The van der Waals surface area contributed by atoms with Crippen molar-refractivity contribution < 1.29 is 12.6 Å². The second-order valence-electron chi connectivity index (χ2n) is 4.38. The molecular weight excluding hydrogens is 319 g/mol. The quantitative estimate of drug-likeness (QED) is 0.784. The van der Waals surface area contributed by atoms with Crippen molar-refractivity contribution in [1.29, 1.82) is 0 Å². The lowest BCUT2D eigenvalue weighted by Gasteiger charge is -2.11. The molecule has 0 bridgehead atoms. The Labute approximate surface area is 128 Å². The van der Waals surface area contributed by atoms with E-state index in [1.165, 1.54) is 18.2 Å². The van der Waals surface area contributed by atoms with Gasteiger partial charge in [0, 0.05) is 11.1 Å². The first-order valence-electron chi connectivity index (χ1n) is 5.76. The van der Waals surface area contributed by atoms with E-state index in [0.29, 0.717) is 10.6 Å². The fourth-order valence-corrected chi connectivity index (χ4v) is 3.30. The summed E-state index contributed by atoms with van der Waals surface area (Å²) >= 11 is 11.7. The van der Waals surface area contributed by atoms with Crippen LogP contribution in [0.15, 0.2) is 41.3 Å². The van der Waals surface area contributed by atoms with Crippen LogP contribution in [0.1, 0.15) is 11.1 Å². The number of hydrogen-bond acceptors (Lipinski definition) is 3. The molecule has 0 aliphatic rings. The molecule has 6 heteroatoms. The van der Waals surface area contributed by atoms with Gasteiger partial charge in [0.15, 0.2) is 5.75 Å². The highest BCUT2D eigenvalue weighted by atomic mass is 35.5. The molecule has 0 saturated heterocycles. The zero-order valence-corrected chi connectivity index (χ0v) is 13.2. The highest BCUT2D eigenvalue weighted by Gasteiger charge is 2.20. The van der Waals surface area contributed by atoms with Gasteiger partial charge in [0.2, 0.25) is 0 Å². The topological polar surface area (TPSA) is 43.4 Å². The fraction of sp³-hybridized carbons (Fsp3) is 0.143. The lowest BCUT2D eigenvalue weighted by Crippen LogP contribution is -2.11. The van der Waals surface area contributed by atoms with Crippen molar-refractivity contribution in [2.45, 2.75) is 18.7 Å². The van der Waals surface area contributed by atoms with Crippen LogP contribution in [0.4, 0.5) is 0 Å². The summed E-state index contributed by atoms with van der Waals surface area (Å²) in [5, 5.41) is 0.531. The van der Waals surface area contributed by atoms with Crippen molar-refractivity contribution in [3.05, 3.63) is 57.6 Å². The molecule has 0 fully saturated rings. The molecule has 2 aromatic rings. The van der Waals surface area contributed by atoms with Crippen LogP contribution in [-0.4, -0.2) is 8.42 Å². The van der Waals surface area contributed by atoms with Crippen LogP contribution in [0, 0.1) is 13.8 Å². The van der Waals surface area contributed by atoms with Crippen molar-refractivity contribution in [3.8, 4) is 5.75 Å². The molecule has 0 heterocycles. The average Bonchev–Trinajstić information content (AvgIpc) is 2.33. The van der Waals surface area contributed by atoms with Crippen molar-refractivity contribution in [3.63, 3.8) is 0 Å².